The van der Waals surface area contributed by atoms with Crippen molar-refractivity contribution in [1.82, 2.24) is 15.5 Å². The first kappa shape index (κ1) is 13.7. The van der Waals surface area contributed by atoms with Gasteiger partial charge in [0.2, 0.25) is 0 Å². The zero-order valence-electron chi connectivity index (χ0n) is 9.50. The van der Waals surface area contributed by atoms with Crippen LogP contribution in [0.15, 0.2) is 0 Å². The molecule has 0 radical (unpaired) electrons. The number of nitrogens with one attached hydrogen (secondary N) is 2. The van der Waals surface area contributed by atoms with Gasteiger partial charge in [-0.2, -0.15) is 0 Å². The van der Waals surface area contributed by atoms with Crippen LogP contribution in [-0.4, -0.2) is 57.2 Å². The molecule has 0 aliphatic carbocycles. The van der Waals surface area contributed by atoms with Gasteiger partial charge < -0.3 is 20.3 Å². The van der Waals surface area contributed by atoms with Gasteiger partial charge in [0.15, 0.2) is 0 Å². The molecule has 0 aliphatic rings. The third-order valence-electron chi connectivity index (χ3n) is 1.54. The average molecular weight is 217 g/mol. The second-order valence-corrected chi connectivity index (χ2v) is 3.22. The van der Waals surface area contributed by atoms with Gasteiger partial charge in [-0.05, 0) is 21.0 Å². The monoisotopic (exact) mass is 217 g/mol. The van der Waals surface area contributed by atoms with Crippen LogP contribution >= 0.6 is 0 Å². The number of carbonyl (C=O) groups excluding carboxylic acids is 2. The van der Waals surface area contributed by atoms with Gasteiger partial charge in [-0.15, -0.1) is 0 Å². The molecule has 0 fully saturated rings. The van der Waals surface area contributed by atoms with Crippen LogP contribution in [0.25, 0.3) is 0 Å². The molecule has 6 nitrogen and oxygen atoms in total. The fourth-order valence-electron chi connectivity index (χ4n) is 0.820. The third-order valence-corrected chi connectivity index (χ3v) is 1.54. The van der Waals surface area contributed by atoms with E-state index in [1.54, 1.807) is 6.92 Å². The Morgan fingerprint density at radius 2 is 1.93 bits per heavy atom. The molecular weight excluding hydrogens is 198 g/mol. The summed E-state index contributed by atoms with van der Waals surface area (Å²) in [5.41, 5.74) is 0. The maximum absolute atomic E-state index is 11.1. The molecule has 88 valence electrons. The molecule has 0 aromatic rings. The number of ether oxygens (including phenoxy) is 1. The van der Waals surface area contributed by atoms with Crippen molar-refractivity contribution in [2.24, 2.45) is 0 Å². The Labute approximate surface area is 90.0 Å². The number of esters is 1. The summed E-state index contributed by atoms with van der Waals surface area (Å²) in [6.45, 7) is 3.24. The van der Waals surface area contributed by atoms with Gasteiger partial charge >= 0.3 is 12.0 Å². The van der Waals surface area contributed by atoms with E-state index in [1.165, 1.54) is 0 Å². The first-order valence-corrected chi connectivity index (χ1v) is 4.88. The molecule has 6 heteroatoms. The van der Waals surface area contributed by atoms with Gasteiger partial charge in [-0.25, -0.2) is 4.79 Å². The summed E-state index contributed by atoms with van der Waals surface area (Å²) in [4.78, 5) is 23.9. The number of urea groups is 1. The Morgan fingerprint density at radius 3 is 2.47 bits per heavy atom. The second kappa shape index (κ2) is 8.05. The quantitative estimate of drug-likeness (QED) is 0.583. The lowest BCUT2D eigenvalue weighted by molar-refractivity contribution is -0.141. The average Bonchev–Trinajstić information content (AvgIpc) is 2.14. The largest absolute Gasteiger partial charge is 0.465 e. The van der Waals surface area contributed by atoms with Crippen molar-refractivity contribution in [2.45, 2.75) is 6.92 Å². The van der Waals surface area contributed by atoms with Crippen LogP contribution in [0.3, 0.4) is 0 Å². The van der Waals surface area contributed by atoms with Gasteiger partial charge in [-0.3, -0.25) is 4.79 Å². The van der Waals surface area contributed by atoms with Crippen LogP contribution in [0.1, 0.15) is 6.92 Å². The third kappa shape index (κ3) is 9.01. The molecule has 0 aliphatic heterocycles. The Bertz CT molecular complexity index is 207. The topological polar surface area (TPSA) is 70.7 Å². The van der Waals surface area contributed by atoms with Crippen molar-refractivity contribution in [1.29, 1.82) is 0 Å². The molecule has 2 amide bonds. The first-order chi connectivity index (χ1) is 7.06. The molecule has 0 spiro atoms. The minimum atomic E-state index is -0.430. The van der Waals surface area contributed by atoms with Gasteiger partial charge in [-0.1, -0.05) is 0 Å². The lowest BCUT2D eigenvalue weighted by Gasteiger charge is -2.10. The van der Waals surface area contributed by atoms with E-state index < -0.39 is 5.97 Å². The van der Waals surface area contributed by atoms with Crippen molar-refractivity contribution in [3.8, 4) is 0 Å². The fraction of sp³-hybridized carbons (Fsp3) is 0.778. The molecule has 0 bridgehead atoms. The lowest BCUT2D eigenvalue weighted by Crippen LogP contribution is -2.41. The van der Waals surface area contributed by atoms with Crippen molar-refractivity contribution in [3.63, 3.8) is 0 Å². The molecule has 0 aromatic heterocycles. The summed E-state index contributed by atoms with van der Waals surface area (Å²) in [6.07, 6.45) is 0. The van der Waals surface area contributed by atoms with Crippen LogP contribution in [0.4, 0.5) is 4.79 Å². The molecule has 0 saturated heterocycles. The van der Waals surface area contributed by atoms with Crippen molar-refractivity contribution >= 4 is 12.0 Å². The molecule has 0 atom stereocenters. The number of nitrogens with zero attached hydrogens (tertiary/aromatic N) is 1. The Balaban J connectivity index is 3.45. The van der Waals surface area contributed by atoms with Crippen LogP contribution in [0, 0.1) is 0 Å². The molecule has 0 heterocycles. The summed E-state index contributed by atoms with van der Waals surface area (Å²) in [6, 6.07) is -0.357. The molecule has 0 rings (SSSR count). The maximum atomic E-state index is 11.1. The highest BCUT2D eigenvalue weighted by Gasteiger charge is 2.04. The highest BCUT2D eigenvalue weighted by Crippen LogP contribution is 1.76. The highest BCUT2D eigenvalue weighted by atomic mass is 16.5. The van der Waals surface area contributed by atoms with Crippen LogP contribution in [0.2, 0.25) is 0 Å². The number of likely N-dealkylation sites (N-methyl/N-ethyl adjacent to an activating group) is 1. The van der Waals surface area contributed by atoms with E-state index in [0.29, 0.717) is 13.2 Å². The molecule has 2 N–H and O–H groups in total. The number of hydrogen-bond donors (Lipinski definition) is 2. The maximum Gasteiger partial charge on any atom is 0.325 e. The SMILES string of the molecule is CCOC(=O)CNC(=O)NCCN(C)C. The van der Waals surface area contributed by atoms with Gasteiger partial charge in [0.05, 0.1) is 6.61 Å². The highest BCUT2D eigenvalue weighted by molar-refractivity contribution is 5.80. The zero-order valence-corrected chi connectivity index (χ0v) is 9.50. The van der Waals surface area contributed by atoms with E-state index in [2.05, 4.69) is 15.4 Å². The number of carbonyl (C=O) groups is 2. The van der Waals surface area contributed by atoms with E-state index in [0.717, 1.165) is 6.54 Å². The number of hydrogen-bond acceptors (Lipinski definition) is 4. The van der Waals surface area contributed by atoms with Crippen LogP contribution in [-0.2, 0) is 9.53 Å². The number of rotatable bonds is 6. The molecule has 15 heavy (non-hydrogen) atoms. The van der Waals surface area contributed by atoms with Gasteiger partial charge in [0, 0.05) is 13.1 Å². The Morgan fingerprint density at radius 1 is 1.27 bits per heavy atom. The summed E-state index contributed by atoms with van der Waals surface area (Å²) < 4.78 is 4.65. The summed E-state index contributed by atoms with van der Waals surface area (Å²) in [7, 11) is 3.83. The predicted octanol–water partition coefficient (Wildman–Crippen LogP) is -0.590. The molecule has 0 unspecified atom stereocenters. The van der Waals surface area contributed by atoms with E-state index in [-0.39, 0.29) is 12.6 Å². The molecular formula is C9H19N3O3. The minimum absolute atomic E-state index is 0.0956. The van der Waals surface area contributed by atoms with E-state index in [1.807, 2.05) is 19.0 Å². The van der Waals surface area contributed by atoms with Crippen molar-refractivity contribution in [3.05, 3.63) is 0 Å². The molecule has 0 aromatic carbocycles. The normalized spacial score (nSPS) is 9.87. The second-order valence-electron chi connectivity index (χ2n) is 3.22. The summed E-state index contributed by atoms with van der Waals surface area (Å²) in [5.74, 6) is -0.430. The van der Waals surface area contributed by atoms with Crippen LogP contribution in [0.5, 0.6) is 0 Å². The smallest absolute Gasteiger partial charge is 0.325 e. The summed E-state index contributed by atoms with van der Waals surface area (Å²) in [5, 5.41) is 5.01. The standard InChI is InChI=1S/C9H19N3O3/c1-4-15-8(13)7-11-9(14)10-5-6-12(2)3/h4-7H2,1-3H3,(H2,10,11,14). The summed E-state index contributed by atoms with van der Waals surface area (Å²) >= 11 is 0. The zero-order chi connectivity index (χ0) is 11.7. The van der Waals surface area contributed by atoms with E-state index >= 15 is 0 Å². The molecule has 0 saturated carbocycles. The number of amides is 2. The predicted molar refractivity (Wildman–Crippen MR) is 56.6 cm³/mol. The van der Waals surface area contributed by atoms with E-state index in [9.17, 15) is 9.59 Å². The van der Waals surface area contributed by atoms with Crippen molar-refractivity contribution in [2.75, 3.05) is 40.3 Å². The minimum Gasteiger partial charge on any atom is -0.465 e. The lowest BCUT2D eigenvalue weighted by atomic mass is 10.5. The van der Waals surface area contributed by atoms with Crippen LogP contribution < -0.4 is 10.6 Å². The fourth-order valence-corrected chi connectivity index (χ4v) is 0.820. The van der Waals surface area contributed by atoms with E-state index in [4.69, 9.17) is 0 Å². The van der Waals surface area contributed by atoms with Gasteiger partial charge in [0.25, 0.3) is 0 Å². The Kier molecular flexibility index (Phi) is 7.35. The Hall–Kier alpha value is -1.30. The first-order valence-electron chi connectivity index (χ1n) is 4.88. The van der Waals surface area contributed by atoms with Crippen molar-refractivity contribution < 1.29 is 14.3 Å². The van der Waals surface area contributed by atoms with Gasteiger partial charge in [0.1, 0.15) is 6.54 Å².